The number of benzene rings is 2. The smallest absolute Gasteiger partial charge is 0.160 e. The Hall–Kier alpha value is -3.26. The van der Waals surface area contributed by atoms with Crippen molar-refractivity contribution in [1.29, 1.82) is 0 Å². The predicted octanol–water partition coefficient (Wildman–Crippen LogP) is 2.58. The third kappa shape index (κ3) is 8.39. The molecule has 2 aromatic carbocycles. The van der Waals surface area contributed by atoms with Crippen molar-refractivity contribution in [3.05, 3.63) is 77.1 Å². The number of methoxy groups -OCH3 is 1. The van der Waals surface area contributed by atoms with Crippen molar-refractivity contribution in [1.82, 2.24) is 15.0 Å². The molecule has 0 aliphatic heterocycles. The molecule has 9 nitrogen and oxygen atoms in total. The van der Waals surface area contributed by atoms with E-state index in [0.717, 1.165) is 5.56 Å². The lowest BCUT2D eigenvalue weighted by Gasteiger charge is -2.27. The van der Waals surface area contributed by atoms with Crippen molar-refractivity contribution in [2.24, 2.45) is 0 Å². The summed E-state index contributed by atoms with van der Waals surface area (Å²) in [7, 11) is 1.61. The molecule has 37 heavy (non-hydrogen) atoms. The van der Waals surface area contributed by atoms with Crippen molar-refractivity contribution in [3.63, 3.8) is 0 Å². The van der Waals surface area contributed by atoms with E-state index in [9.17, 15) is 5.11 Å². The van der Waals surface area contributed by atoms with Crippen LogP contribution in [0.4, 0.5) is 0 Å². The van der Waals surface area contributed by atoms with E-state index < -0.39 is 5.60 Å². The quantitative estimate of drug-likeness (QED) is 0.219. The highest BCUT2D eigenvalue weighted by molar-refractivity contribution is 5.45. The lowest BCUT2D eigenvalue weighted by molar-refractivity contribution is 0.000195. The van der Waals surface area contributed by atoms with Crippen molar-refractivity contribution in [2.45, 2.75) is 19.1 Å². The normalized spacial score (nSPS) is 12.7. The summed E-state index contributed by atoms with van der Waals surface area (Å²) in [5.74, 6) is 3.11. The Balaban J connectivity index is 1.48. The first-order valence-electron chi connectivity index (χ1n) is 12.2. The van der Waals surface area contributed by atoms with E-state index >= 15 is 0 Å². The molecule has 1 aromatic heterocycles. The highest BCUT2D eigenvalue weighted by Gasteiger charge is 2.37. The number of aryl methyl sites for hydroxylation is 1. The van der Waals surface area contributed by atoms with Crippen molar-refractivity contribution in [2.75, 3.05) is 60.0 Å². The van der Waals surface area contributed by atoms with Gasteiger partial charge in [0.1, 0.15) is 18.1 Å². The largest absolute Gasteiger partial charge is 0.497 e. The second-order valence-corrected chi connectivity index (χ2v) is 8.27. The molecule has 0 saturated carbocycles. The molecule has 0 saturated heterocycles. The van der Waals surface area contributed by atoms with Gasteiger partial charge in [0.2, 0.25) is 0 Å². The number of terminal acetylenes is 1. The highest BCUT2D eigenvalue weighted by atomic mass is 16.6. The van der Waals surface area contributed by atoms with Gasteiger partial charge < -0.3 is 28.8 Å². The Kier molecular flexibility index (Phi) is 11.6. The lowest BCUT2D eigenvalue weighted by Crippen LogP contribution is -2.29. The van der Waals surface area contributed by atoms with E-state index in [4.69, 9.17) is 30.1 Å². The van der Waals surface area contributed by atoms with Crippen LogP contribution in [0.5, 0.6) is 5.75 Å². The van der Waals surface area contributed by atoms with E-state index in [0.29, 0.717) is 82.0 Å². The summed E-state index contributed by atoms with van der Waals surface area (Å²) < 4.78 is 28.6. The SMILES string of the molecule is C#CCOCCOCCOCCOCCn1cc(C(O)(c2ccc(C)cc2)c2ccc(OC)cc2)nn1. The molecule has 0 radical (unpaired) electrons. The maximum absolute atomic E-state index is 11.9. The molecule has 3 aromatic rings. The minimum Gasteiger partial charge on any atom is -0.497 e. The zero-order valence-electron chi connectivity index (χ0n) is 21.5. The third-order valence-electron chi connectivity index (χ3n) is 5.65. The Bertz CT molecular complexity index is 1090. The predicted molar refractivity (Wildman–Crippen MR) is 138 cm³/mol. The van der Waals surface area contributed by atoms with Crippen molar-refractivity contribution >= 4 is 0 Å². The second-order valence-electron chi connectivity index (χ2n) is 8.27. The molecule has 1 N–H and O–H groups in total. The first kappa shape index (κ1) is 28.3. The molecule has 1 unspecified atom stereocenters. The molecule has 1 heterocycles. The monoisotopic (exact) mass is 509 g/mol. The number of hydrogen-bond acceptors (Lipinski definition) is 8. The summed E-state index contributed by atoms with van der Waals surface area (Å²) in [6.07, 6.45) is 6.84. The number of hydrogen-bond donors (Lipinski definition) is 1. The van der Waals surface area contributed by atoms with E-state index in [1.807, 2.05) is 55.5 Å². The number of aliphatic hydroxyl groups is 1. The van der Waals surface area contributed by atoms with Crippen molar-refractivity contribution < 1.29 is 28.8 Å². The van der Waals surface area contributed by atoms with Crippen LogP contribution in [0, 0.1) is 19.3 Å². The Morgan fingerprint density at radius 3 is 1.95 bits per heavy atom. The highest BCUT2D eigenvalue weighted by Crippen LogP contribution is 2.36. The summed E-state index contributed by atoms with van der Waals surface area (Å²) in [5, 5.41) is 20.5. The standard InChI is InChI=1S/C28H35N3O6/c1-4-14-34-16-18-36-20-21-37-19-17-35-15-13-31-22-27(29-30-31)28(32,24-7-5-23(2)6-8-24)25-9-11-26(33-3)12-10-25/h1,5-12,22,32H,13-21H2,2-3H3. The van der Waals surface area contributed by atoms with Crippen LogP contribution >= 0.6 is 0 Å². The van der Waals surface area contributed by atoms with Gasteiger partial charge in [0.15, 0.2) is 5.60 Å². The van der Waals surface area contributed by atoms with E-state index in [-0.39, 0.29) is 0 Å². The van der Waals surface area contributed by atoms with Gasteiger partial charge >= 0.3 is 0 Å². The van der Waals surface area contributed by atoms with Gasteiger partial charge in [-0.05, 0) is 30.2 Å². The number of rotatable bonds is 17. The van der Waals surface area contributed by atoms with Gasteiger partial charge in [0.05, 0.1) is 66.1 Å². The van der Waals surface area contributed by atoms with Crippen LogP contribution in [-0.4, -0.2) is 80.1 Å². The fraction of sp³-hybridized carbons (Fsp3) is 0.429. The fourth-order valence-corrected chi connectivity index (χ4v) is 3.61. The van der Waals surface area contributed by atoms with Gasteiger partial charge in [-0.25, -0.2) is 4.68 Å². The van der Waals surface area contributed by atoms with Gasteiger partial charge in [-0.2, -0.15) is 0 Å². The van der Waals surface area contributed by atoms with E-state index in [1.165, 1.54) is 0 Å². The maximum Gasteiger partial charge on any atom is 0.160 e. The van der Waals surface area contributed by atoms with E-state index in [2.05, 4.69) is 16.2 Å². The maximum atomic E-state index is 11.9. The minimum absolute atomic E-state index is 0.295. The van der Waals surface area contributed by atoms with Crippen LogP contribution in [0.3, 0.4) is 0 Å². The molecule has 0 fully saturated rings. The first-order chi connectivity index (χ1) is 18.1. The lowest BCUT2D eigenvalue weighted by atomic mass is 9.83. The molecule has 1 atom stereocenters. The number of ether oxygens (including phenoxy) is 5. The average Bonchev–Trinajstić information content (AvgIpc) is 3.41. The molecule has 0 amide bonds. The molecule has 9 heteroatoms. The van der Waals surface area contributed by atoms with Crippen LogP contribution in [0.1, 0.15) is 22.4 Å². The zero-order valence-corrected chi connectivity index (χ0v) is 21.5. The van der Waals surface area contributed by atoms with Gasteiger partial charge in [-0.3, -0.25) is 0 Å². The van der Waals surface area contributed by atoms with Gasteiger partial charge in [-0.1, -0.05) is 53.1 Å². The summed E-state index contributed by atoms with van der Waals surface area (Å²) in [6, 6.07) is 15.0. The topological polar surface area (TPSA) is 97.1 Å². The molecule has 0 aliphatic rings. The fourth-order valence-electron chi connectivity index (χ4n) is 3.61. The first-order valence-corrected chi connectivity index (χ1v) is 12.2. The third-order valence-corrected chi connectivity index (χ3v) is 5.65. The van der Waals surface area contributed by atoms with Crippen LogP contribution in [0.15, 0.2) is 54.7 Å². The molecule has 0 aliphatic carbocycles. The minimum atomic E-state index is -1.47. The molecule has 198 valence electrons. The van der Waals surface area contributed by atoms with Gasteiger partial charge in [0.25, 0.3) is 0 Å². The number of nitrogens with zero attached hydrogens (tertiary/aromatic N) is 3. The summed E-state index contributed by atoms with van der Waals surface area (Å²) in [6.45, 7) is 6.05. The summed E-state index contributed by atoms with van der Waals surface area (Å²) in [5.41, 5.74) is 1.43. The Morgan fingerprint density at radius 1 is 0.838 bits per heavy atom. The zero-order chi connectivity index (χ0) is 26.3. The van der Waals surface area contributed by atoms with Crippen LogP contribution in [0.2, 0.25) is 0 Å². The Labute approximate surface area is 218 Å². The van der Waals surface area contributed by atoms with Crippen LogP contribution < -0.4 is 4.74 Å². The summed E-state index contributed by atoms with van der Waals surface area (Å²) >= 11 is 0. The molecule has 0 bridgehead atoms. The van der Waals surface area contributed by atoms with E-state index in [1.54, 1.807) is 18.0 Å². The van der Waals surface area contributed by atoms with Gasteiger partial charge in [-0.15, -0.1) is 11.5 Å². The van der Waals surface area contributed by atoms with Crippen LogP contribution in [0.25, 0.3) is 0 Å². The average molecular weight is 510 g/mol. The van der Waals surface area contributed by atoms with Crippen molar-refractivity contribution in [3.8, 4) is 18.1 Å². The molecular formula is C28H35N3O6. The molecule has 3 rings (SSSR count). The second kappa shape index (κ2) is 15.1. The molecule has 0 spiro atoms. The number of aromatic nitrogens is 3. The summed E-state index contributed by atoms with van der Waals surface area (Å²) in [4.78, 5) is 0. The van der Waals surface area contributed by atoms with Gasteiger partial charge in [0, 0.05) is 0 Å². The molecular weight excluding hydrogens is 474 g/mol. The van der Waals surface area contributed by atoms with Crippen LogP contribution in [-0.2, 0) is 31.1 Å². The Morgan fingerprint density at radius 2 is 1.38 bits per heavy atom.